The molecule has 1 saturated heterocycles. The average molecular weight is 680 g/mol. The van der Waals surface area contributed by atoms with Crippen LogP contribution >= 0.6 is 58.5 Å². The van der Waals surface area contributed by atoms with Gasteiger partial charge in [0.1, 0.15) is 22.5 Å². The highest BCUT2D eigenvalue weighted by atomic mass is 35.5. The zero-order valence-electron chi connectivity index (χ0n) is 23.8. The van der Waals surface area contributed by atoms with Crippen LogP contribution in [0, 0.1) is 0 Å². The van der Waals surface area contributed by atoms with Crippen LogP contribution in [0.25, 0.3) is 21.8 Å². The SMILES string of the molecule is OCC1CSCCN(Cc2cc(Cl)c3cccnc3c2O)CCSCCN(Cc2cc(Cl)c3cccnc3c2O)CCS1. The molecule has 1 atom stereocenters. The maximum Gasteiger partial charge on any atom is 0.146 e. The Hall–Kier alpha value is -1.63. The van der Waals surface area contributed by atoms with E-state index in [1.54, 1.807) is 24.2 Å². The first kappa shape index (κ1) is 32.8. The number of benzene rings is 2. The first-order chi connectivity index (χ1) is 20.9. The monoisotopic (exact) mass is 678 g/mol. The molecule has 0 amide bonds. The number of thioether (sulfide) groups is 3. The molecule has 12 heteroatoms. The van der Waals surface area contributed by atoms with Gasteiger partial charge in [-0.1, -0.05) is 23.2 Å². The van der Waals surface area contributed by atoms with E-state index in [1.807, 2.05) is 59.9 Å². The third-order valence-corrected chi connectivity index (χ3v) is 11.6. The third-order valence-electron chi connectivity index (χ3n) is 7.50. The number of aromatic nitrogens is 2. The molecule has 7 nitrogen and oxygen atoms in total. The summed E-state index contributed by atoms with van der Waals surface area (Å²) in [5.74, 6) is 4.95. The number of fused-ring (bicyclic) bond motifs is 2. The van der Waals surface area contributed by atoms with Gasteiger partial charge in [-0.3, -0.25) is 19.8 Å². The lowest BCUT2D eigenvalue weighted by Gasteiger charge is -2.24. The quantitative estimate of drug-likeness (QED) is 0.221. The minimum Gasteiger partial charge on any atom is -0.505 e. The molecule has 3 heterocycles. The fourth-order valence-corrected chi connectivity index (χ4v) is 9.08. The van der Waals surface area contributed by atoms with Crippen LogP contribution in [0.3, 0.4) is 0 Å². The summed E-state index contributed by atoms with van der Waals surface area (Å²) in [6.45, 7) is 4.72. The molecule has 1 unspecified atom stereocenters. The summed E-state index contributed by atoms with van der Waals surface area (Å²) in [5, 5.41) is 34.9. The highest BCUT2D eigenvalue weighted by Crippen LogP contribution is 2.35. The van der Waals surface area contributed by atoms with E-state index in [4.69, 9.17) is 23.2 Å². The maximum absolute atomic E-state index is 11.0. The van der Waals surface area contributed by atoms with Gasteiger partial charge < -0.3 is 15.3 Å². The molecule has 3 N–H and O–H groups in total. The smallest absolute Gasteiger partial charge is 0.146 e. The standard InChI is InChI=1S/C31H36Cl2N4O3S3/c32-26-15-21(30(39)28-24(26)3-1-5-34-28)17-36-7-11-41-12-8-37(10-14-43-23(19-38)20-42-13-9-36)18-22-16-27(33)25-4-2-6-35-29(25)31(22)40/h1-6,15-16,23,38-40H,7-14,17-20H2. The molecule has 5 rings (SSSR count). The van der Waals surface area contributed by atoms with Crippen molar-refractivity contribution in [3.05, 3.63) is 70.0 Å². The van der Waals surface area contributed by atoms with Crippen LogP contribution < -0.4 is 0 Å². The Bertz CT molecular complexity index is 1530. The molecular formula is C31H36Cl2N4O3S3. The van der Waals surface area contributed by atoms with Crippen molar-refractivity contribution >= 4 is 80.3 Å². The predicted molar refractivity (Wildman–Crippen MR) is 185 cm³/mol. The summed E-state index contributed by atoms with van der Waals surface area (Å²) in [5.41, 5.74) is 2.61. The van der Waals surface area contributed by atoms with Gasteiger partial charge in [-0.2, -0.15) is 35.3 Å². The van der Waals surface area contributed by atoms with Gasteiger partial charge in [0.15, 0.2) is 0 Å². The van der Waals surface area contributed by atoms with Gasteiger partial charge in [0.05, 0.1) is 16.7 Å². The van der Waals surface area contributed by atoms with Crippen molar-refractivity contribution in [1.29, 1.82) is 0 Å². The topological polar surface area (TPSA) is 93.0 Å². The van der Waals surface area contributed by atoms with Crippen molar-refractivity contribution in [3.63, 3.8) is 0 Å². The van der Waals surface area contributed by atoms with Crippen LogP contribution in [0.5, 0.6) is 11.5 Å². The molecule has 1 aliphatic rings. The fraction of sp³-hybridized carbons (Fsp3) is 0.419. The van der Waals surface area contributed by atoms with Gasteiger partial charge in [0, 0.05) is 108 Å². The number of halogens is 2. The van der Waals surface area contributed by atoms with Crippen molar-refractivity contribution in [2.45, 2.75) is 18.3 Å². The number of hydrogen-bond acceptors (Lipinski definition) is 10. The maximum atomic E-state index is 11.0. The van der Waals surface area contributed by atoms with E-state index in [0.717, 1.165) is 76.8 Å². The average Bonchev–Trinajstić information content (AvgIpc) is 3.03. The van der Waals surface area contributed by atoms with E-state index in [1.165, 1.54) is 0 Å². The lowest BCUT2D eigenvalue weighted by molar-refractivity contribution is 0.292. The number of phenols is 2. The van der Waals surface area contributed by atoms with Crippen molar-refractivity contribution in [2.24, 2.45) is 0 Å². The van der Waals surface area contributed by atoms with E-state index < -0.39 is 0 Å². The normalized spacial score (nSPS) is 18.9. The zero-order chi connectivity index (χ0) is 30.2. The fourth-order valence-electron chi connectivity index (χ4n) is 5.14. The second kappa shape index (κ2) is 16.1. The Morgan fingerprint density at radius 3 is 1.74 bits per heavy atom. The zero-order valence-corrected chi connectivity index (χ0v) is 27.8. The molecule has 4 aromatic rings. The van der Waals surface area contributed by atoms with Crippen LogP contribution in [-0.2, 0) is 13.1 Å². The summed E-state index contributed by atoms with van der Waals surface area (Å²) in [4.78, 5) is 13.4. The van der Waals surface area contributed by atoms with E-state index in [9.17, 15) is 15.3 Å². The molecule has 2 aromatic carbocycles. The summed E-state index contributed by atoms with van der Waals surface area (Å²) < 4.78 is 0. The van der Waals surface area contributed by atoms with Crippen LogP contribution in [0.2, 0.25) is 10.0 Å². The first-order valence-corrected chi connectivity index (χ1v) is 18.4. The molecule has 0 radical (unpaired) electrons. The van der Waals surface area contributed by atoms with E-state index in [2.05, 4.69) is 19.8 Å². The molecule has 0 saturated carbocycles. The molecule has 43 heavy (non-hydrogen) atoms. The first-order valence-electron chi connectivity index (χ1n) is 14.3. The van der Waals surface area contributed by atoms with Crippen molar-refractivity contribution in [1.82, 2.24) is 19.8 Å². The summed E-state index contributed by atoms with van der Waals surface area (Å²) >= 11 is 18.7. The number of nitrogens with zero attached hydrogens (tertiary/aromatic N) is 4. The number of aliphatic hydroxyl groups excluding tert-OH is 1. The largest absolute Gasteiger partial charge is 0.505 e. The molecule has 1 fully saturated rings. The number of aromatic hydroxyl groups is 2. The second-order valence-corrected chi connectivity index (χ2v) is 15.0. The van der Waals surface area contributed by atoms with E-state index in [-0.39, 0.29) is 23.4 Å². The van der Waals surface area contributed by atoms with Gasteiger partial charge in [0.2, 0.25) is 0 Å². The number of rotatable bonds is 5. The summed E-state index contributed by atoms with van der Waals surface area (Å²) in [6.07, 6.45) is 3.34. The van der Waals surface area contributed by atoms with Crippen LogP contribution in [0.15, 0.2) is 48.8 Å². The molecule has 0 bridgehead atoms. The minimum atomic E-state index is 0.139. The summed E-state index contributed by atoms with van der Waals surface area (Å²) in [7, 11) is 0. The van der Waals surface area contributed by atoms with Gasteiger partial charge in [-0.25, -0.2) is 0 Å². The number of pyridine rings is 2. The molecular weight excluding hydrogens is 643 g/mol. The van der Waals surface area contributed by atoms with E-state index >= 15 is 0 Å². The van der Waals surface area contributed by atoms with Crippen molar-refractivity contribution < 1.29 is 15.3 Å². The summed E-state index contributed by atoms with van der Waals surface area (Å²) in [6, 6.07) is 11.1. The van der Waals surface area contributed by atoms with Crippen LogP contribution in [0.4, 0.5) is 0 Å². The lowest BCUT2D eigenvalue weighted by Crippen LogP contribution is -2.30. The predicted octanol–water partition coefficient (Wildman–Crippen LogP) is 6.38. The molecule has 2 aromatic heterocycles. The Morgan fingerprint density at radius 1 is 0.744 bits per heavy atom. The molecule has 0 aliphatic carbocycles. The third kappa shape index (κ3) is 8.55. The number of hydrogen-bond donors (Lipinski definition) is 3. The van der Waals surface area contributed by atoms with Gasteiger partial charge in [-0.05, 0) is 36.4 Å². The van der Waals surface area contributed by atoms with Gasteiger partial charge in [-0.15, -0.1) is 0 Å². The van der Waals surface area contributed by atoms with Gasteiger partial charge in [0.25, 0.3) is 0 Å². The highest BCUT2D eigenvalue weighted by Gasteiger charge is 2.18. The Kier molecular flexibility index (Phi) is 12.3. The molecule has 0 spiro atoms. The Morgan fingerprint density at radius 2 is 1.23 bits per heavy atom. The lowest BCUT2D eigenvalue weighted by atomic mass is 10.1. The number of phenolic OH excluding ortho intramolecular Hbond substituents is 2. The van der Waals surface area contributed by atoms with Gasteiger partial charge >= 0.3 is 0 Å². The van der Waals surface area contributed by atoms with Crippen LogP contribution in [0.1, 0.15) is 11.1 Å². The Balaban J connectivity index is 1.27. The molecule has 1 aliphatic heterocycles. The van der Waals surface area contributed by atoms with E-state index in [0.29, 0.717) is 34.2 Å². The second-order valence-electron chi connectivity index (χ2n) is 10.4. The minimum absolute atomic E-state index is 0.139. The van der Waals surface area contributed by atoms with Crippen LogP contribution in [-0.4, -0.2) is 102 Å². The van der Waals surface area contributed by atoms with Crippen molar-refractivity contribution in [2.75, 3.05) is 61.6 Å². The Labute approximate surface area is 275 Å². The highest BCUT2D eigenvalue weighted by molar-refractivity contribution is 8.03. The number of aliphatic hydroxyl groups is 1. The molecule has 230 valence electrons. The van der Waals surface area contributed by atoms with Crippen molar-refractivity contribution in [3.8, 4) is 11.5 Å².